The molecule has 0 aliphatic heterocycles. The summed E-state index contributed by atoms with van der Waals surface area (Å²) in [5, 5.41) is 1.27. The lowest BCUT2D eigenvalue weighted by atomic mass is 10.1. The molecular weight excluding hydrogens is 270 g/mol. The Morgan fingerprint density at radius 3 is 2.74 bits per heavy atom. The van der Waals surface area contributed by atoms with Crippen molar-refractivity contribution in [3.8, 4) is 0 Å². The van der Waals surface area contributed by atoms with E-state index < -0.39 is 18.0 Å². The van der Waals surface area contributed by atoms with E-state index in [-0.39, 0.29) is 5.76 Å². The van der Waals surface area contributed by atoms with Gasteiger partial charge in [0.2, 0.25) is 5.76 Å². The molecule has 19 heavy (non-hydrogen) atoms. The van der Waals surface area contributed by atoms with Crippen molar-refractivity contribution in [3.05, 3.63) is 34.5 Å². The SMILES string of the molecule is Cc1c(C(=O)O[C@H](C)C(N)=O)oc2ccc(Cl)cc12. The molecule has 0 bridgehead atoms. The van der Waals surface area contributed by atoms with Gasteiger partial charge in [-0.2, -0.15) is 0 Å². The molecule has 6 heteroatoms. The lowest BCUT2D eigenvalue weighted by Gasteiger charge is -2.07. The molecule has 1 aromatic carbocycles. The molecule has 0 saturated carbocycles. The molecule has 2 rings (SSSR count). The maximum Gasteiger partial charge on any atom is 0.375 e. The van der Waals surface area contributed by atoms with Gasteiger partial charge in [0.25, 0.3) is 5.91 Å². The smallest absolute Gasteiger partial charge is 0.375 e. The van der Waals surface area contributed by atoms with Gasteiger partial charge in [-0.1, -0.05) is 11.6 Å². The molecule has 100 valence electrons. The second kappa shape index (κ2) is 4.93. The van der Waals surface area contributed by atoms with Gasteiger partial charge in [0.15, 0.2) is 6.10 Å². The summed E-state index contributed by atoms with van der Waals surface area (Å²) in [6.07, 6.45) is -1.01. The van der Waals surface area contributed by atoms with Crippen LogP contribution >= 0.6 is 11.6 Å². The van der Waals surface area contributed by atoms with Crippen molar-refractivity contribution in [1.29, 1.82) is 0 Å². The number of aryl methyl sites for hydroxylation is 1. The number of rotatable bonds is 3. The summed E-state index contributed by atoms with van der Waals surface area (Å²) in [5.74, 6) is -1.40. The first-order chi connectivity index (χ1) is 8.90. The van der Waals surface area contributed by atoms with Crippen LogP contribution in [0, 0.1) is 6.92 Å². The zero-order chi connectivity index (χ0) is 14.2. The van der Waals surface area contributed by atoms with Crippen LogP contribution in [0.15, 0.2) is 22.6 Å². The highest BCUT2D eigenvalue weighted by atomic mass is 35.5. The number of hydrogen-bond acceptors (Lipinski definition) is 4. The van der Waals surface area contributed by atoms with E-state index >= 15 is 0 Å². The molecule has 0 spiro atoms. The Labute approximate surface area is 114 Å². The van der Waals surface area contributed by atoms with Crippen molar-refractivity contribution in [2.75, 3.05) is 0 Å². The topological polar surface area (TPSA) is 82.5 Å². The molecule has 0 unspecified atom stereocenters. The standard InChI is InChI=1S/C13H12ClNO4/c1-6-9-5-8(14)3-4-10(9)19-11(6)13(17)18-7(2)12(15)16/h3-5,7H,1-2H3,(H2,15,16)/t7-/m1/s1. The van der Waals surface area contributed by atoms with Crippen LogP contribution in [0.5, 0.6) is 0 Å². The van der Waals surface area contributed by atoms with Gasteiger partial charge in [0, 0.05) is 16.0 Å². The predicted molar refractivity (Wildman–Crippen MR) is 70.0 cm³/mol. The molecule has 0 aliphatic carbocycles. The van der Waals surface area contributed by atoms with E-state index in [1.54, 1.807) is 25.1 Å². The number of hydrogen-bond donors (Lipinski definition) is 1. The molecular formula is C13H12ClNO4. The average molecular weight is 282 g/mol. The Morgan fingerprint density at radius 2 is 2.11 bits per heavy atom. The van der Waals surface area contributed by atoms with Crippen LogP contribution in [0.2, 0.25) is 5.02 Å². The number of primary amides is 1. The van der Waals surface area contributed by atoms with Gasteiger partial charge in [-0.05, 0) is 32.0 Å². The van der Waals surface area contributed by atoms with Crippen LogP contribution in [0.25, 0.3) is 11.0 Å². The lowest BCUT2D eigenvalue weighted by molar-refractivity contribution is -0.125. The molecule has 5 nitrogen and oxygen atoms in total. The Balaban J connectivity index is 2.37. The van der Waals surface area contributed by atoms with Gasteiger partial charge >= 0.3 is 5.97 Å². The van der Waals surface area contributed by atoms with E-state index in [2.05, 4.69) is 0 Å². The van der Waals surface area contributed by atoms with E-state index in [1.165, 1.54) is 6.92 Å². The molecule has 0 radical (unpaired) electrons. The van der Waals surface area contributed by atoms with E-state index in [9.17, 15) is 9.59 Å². The molecule has 2 N–H and O–H groups in total. The van der Waals surface area contributed by atoms with Crippen LogP contribution in [0.3, 0.4) is 0 Å². The molecule has 0 saturated heterocycles. The van der Waals surface area contributed by atoms with Gasteiger partial charge in [-0.3, -0.25) is 4.79 Å². The third-order valence-electron chi connectivity index (χ3n) is 2.77. The summed E-state index contributed by atoms with van der Waals surface area (Å²) >= 11 is 5.89. The number of fused-ring (bicyclic) bond motifs is 1. The van der Waals surface area contributed by atoms with Gasteiger partial charge in [0.05, 0.1) is 0 Å². The Morgan fingerprint density at radius 1 is 1.42 bits per heavy atom. The monoisotopic (exact) mass is 281 g/mol. The number of carbonyl (C=O) groups is 2. The van der Waals surface area contributed by atoms with Crippen molar-refractivity contribution >= 4 is 34.4 Å². The van der Waals surface area contributed by atoms with Crippen LogP contribution in [0.1, 0.15) is 23.0 Å². The van der Waals surface area contributed by atoms with Crippen LogP contribution < -0.4 is 5.73 Å². The van der Waals surface area contributed by atoms with E-state index in [0.29, 0.717) is 16.2 Å². The normalized spacial score (nSPS) is 12.4. The van der Waals surface area contributed by atoms with E-state index in [1.807, 2.05) is 0 Å². The third kappa shape index (κ3) is 2.56. The maximum absolute atomic E-state index is 11.9. The summed E-state index contributed by atoms with van der Waals surface area (Å²) in [5.41, 5.74) is 6.17. The number of carbonyl (C=O) groups excluding carboxylic acids is 2. The van der Waals surface area contributed by atoms with E-state index in [4.69, 9.17) is 26.5 Å². The first-order valence-electron chi connectivity index (χ1n) is 5.59. The first-order valence-corrected chi connectivity index (χ1v) is 5.97. The number of ether oxygens (including phenoxy) is 1. The number of benzene rings is 1. The van der Waals surface area contributed by atoms with Crippen LogP contribution in [-0.2, 0) is 9.53 Å². The number of furan rings is 1. The Hall–Kier alpha value is -2.01. The fourth-order valence-electron chi connectivity index (χ4n) is 1.66. The molecule has 1 amide bonds. The highest BCUT2D eigenvalue weighted by Crippen LogP contribution is 2.28. The fourth-order valence-corrected chi connectivity index (χ4v) is 1.83. The summed E-state index contributed by atoms with van der Waals surface area (Å²) in [6, 6.07) is 5.02. The lowest BCUT2D eigenvalue weighted by Crippen LogP contribution is -2.30. The van der Waals surface area contributed by atoms with Crippen molar-refractivity contribution in [3.63, 3.8) is 0 Å². The van der Waals surface area contributed by atoms with Crippen LogP contribution in [0.4, 0.5) is 0 Å². The van der Waals surface area contributed by atoms with Crippen molar-refractivity contribution in [2.45, 2.75) is 20.0 Å². The summed E-state index contributed by atoms with van der Waals surface area (Å²) in [7, 11) is 0. The van der Waals surface area contributed by atoms with Crippen molar-refractivity contribution in [1.82, 2.24) is 0 Å². The molecule has 1 aromatic heterocycles. The number of nitrogens with two attached hydrogens (primary N) is 1. The largest absolute Gasteiger partial charge is 0.449 e. The van der Waals surface area contributed by atoms with E-state index in [0.717, 1.165) is 5.39 Å². The van der Waals surface area contributed by atoms with Crippen molar-refractivity contribution in [2.24, 2.45) is 5.73 Å². The highest BCUT2D eigenvalue weighted by molar-refractivity contribution is 6.31. The molecule has 1 heterocycles. The first kappa shape index (κ1) is 13.4. The zero-order valence-corrected chi connectivity index (χ0v) is 11.2. The fraction of sp³-hybridized carbons (Fsp3) is 0.231. The highest BCUT2D eigenvalue weighted by Gasteiger charge is 2.22. The van der Waals surface area contributed by atoms with Gasteiger partial charge in [-0.15, -0.1) is 0 Å². The van der Waals surface area contributed by atoms with Gasteiger partial charge < -0.3 is 14.9 Å². The molecule has 1 atom stereocenters. The second-order valence-electron chi connectivity index (χ2n) is 4.15. The van der Waals surface area contributed by atoms with Crippen LogP contribution in [-0.4, -0.2) is 18.0 Å². The van der Waals surface area contributed by atoms with Crippen molar-refractivity contribution < 1.29 is 18.7 Å². The minimum atomic E-state index is -1.01. The average Bonchev–Trinajstić information content (AvgIpc) is 2.66. The predicted octanol–water partition coefficient (Wildman–Crippen LogP) is 2.43. The second-order valence-corrected chi connectivity index (χ2v) is 4.58. The summed E-state index contributed by atoms with van der Waals surface area (Å²) < 4.78 is 10.3. The summed E-state index contributed by atoms with van der Waals surface area (Å²) in [6.45, 7) is 3.11. The molecule has 2 aromatic rings. The number of amides is 1. The summed E-state index contributed by atoms with van der Waals surface area (Å²) in [4.78, 5) is 22.7. The zero-order valence-electron chi connectivity index (χ0n) is 10.4. The third-order valence-corrected chi connectivity index (χ3v) is 3.00. The van der Waals surface area contributed by atoms with Gasteiger partial charge in [-0.25, -0.2) is 4.79 Å². The minimum absolute atomic E-state index is 0.0466. The molecule has 0 aliphatic rings. The Kier molecular flexibility index (Phi) is 3.48. The number of esters is 1. The Bertz CT molecular complexity index is 662. The molecule has 0 fully saturated rings. The minimum Gasteiger partial charge on any atom is -0.449 e. The quantitative estimate of drug-likeness (QED) is 0.876. The maximum atomic E-state index is 11.9. The van der Waals surface area contributed by atoms with Gasteiger partial charge in [0.1, 0.15) is 5.58 Å². The number of halogens is 1.